The molecule has 9 nitrogen and oxygen atoms in total. The van der Waals surface area contributed by atoms with Crippen LogP contribution in [0.4, 0.5) is 11.4 Å². The summed E-state index contributed by atoms with van der Waals surface area (Å²) in [6, 6.07) is 21.6. The molecule has 0 spiro atoms. The first-order valence-corrected chi connectivity index (χ1v) is 13.6. The smallest absolute Gasteiger partial charge is 0.256 e. The molecule has 9 heteroatoms. The van der Waals surface area contributed by atoms with Gasteiger partial charge in [0.05, 0.1) is 16.8 Å². The van der Waals surface area contributed by atoms with Gasteiger partial charge in [0.1, 0.15) is 11.5 Å². The number of fused-ring (bicyclic) bond motifs is 1. The van der Waals surface area contributed by atoms with E-state index >= 15 is 0 Å². The Kier molecular flexibility index (Phi) is 8.21. The molecule has 3 amide bonds. The molecule has 0 atom stereocenters. The number of nitrogens with zero attached hydrogens (tertiary/aromatic N) is 2. The topological polar surface area (TPSA) is 107 Å². The summed E-state index contributed by atoms with van der Waals surface area (Å²) in [7, 11) is 5.70. The number of aryl methyl sites for hydroxylation is 1. The van der Waals surface area contributed by atoms with Gasteiger partial charge in [-0.25, -0.2) is 0 Å². The summed E-state index contributed by atoms with van der Waals surface area (Å²) in [5.74, 6) is 0.538. The van der Waals surface area contributed by atoms with E-state index in [9.17, 15) is 14.4 Å². The first-order valence-electron chi connectivity index (χ1n) is 13.6. The molecule has 1 aliphatic rings. The molecule has 1 aliphatic heterocycles. The van der Waals surface area contributed by atoms with Crippen molar-refractivity contribution in [1.29, 1.82) is 0 Å². The number of hydrogen-bond acceptors (Lipinski definition) is 5. The fourth-order valence-corrected chi connectivity index (χ4v) is 4.59. The van der Waals surface area contributed by atoms with Gasteiger partial charge in [0.25, 0.3) is 17.7 Å². The van der Waals surface area contributed by atoms with Crippen LogP contribution in [-0.4, -0.2) is 66.7 Å². The van der Waals surface area contributed by atoms with Gasteiger partial charge in [-0.3, -0.25) is 14.4 Å². The molecule has 0 aliphatic carbocycles. The lowest BCUT2D eigenvalue weighted by Crippen LogP contribution is -2.33. The van der Waals surface area contributed by atoms with Crippen molar-refractivity contribution in [3.05, 3.63) is 107 Å². The molecule has 0 radical (unpaired) electrons. The number of ether oxygens (including phenoxy) is 1. The molecule has 0 saturated carbocycles. The monoisotopic (exact) mass is 563 g/mol. The van der Waals surface area contributed by atoms with E-state index in [1.165, 1.54) is 0 Å². The number of carbonyl (C=O) groups excluding carboxylic acids is 3. The van der Waals surface area contributed by atoms with Crippen LogP contribution in [0.3, 0.4) is 0 Å². The van der Waals surface area contributed by atoms with Gasteiger partial charge >= 0.3 is 0 Å². The zero-order valence-electron chi connectivity index (χ0n) is 24.0. The third-order valence-corrected chi connectivity index (χ3v) is 6.86. The number of aromatic nitrogens is 1. The minimum atomic E-state index is -0.242. The maximum absolute atomic E-state index is 12.8. The van der Waals surface area contributed by atoms with Crippen molar-refractivity contribution in [2.75, 3.05) is 44.9 Å². The molecule has 214 valence electrons. The second-order valence-electron chi connectivity index (χ2n) is 10.5. The average Bonchev–Trinajstić information content (AvgIpc) is 3.55. The second-order valence-corrected chi connectivity index (χ2v) is 10.5. The van der Waals surface area contributed by atoms with Crippen LogP contribution in [0.2, 0.25) is 0 Å². The van der Waals surface area contributed by atoms with Crippen LogP contribution in [0.1, 0.15) is 37.5 Å². The highest BCUT2D eigenvalue weighted by Crippen LogP contribution is 2.37. The molecule has 4 aromatic rings. The van der Waals surface area contributed by atoms with Crippen LogP contribution in [0.15, 0.2) is 79.0 Å². The van der Waals surface area contributed by atoms with E-state index in [0.29, 0.717) is 51.8 Å². The zero-order chi connectivity index (χ0) is 29.8. The van der Waals surface area contributed by atoms with Crippen LogP contribution in [0.25, 0.3) is 11.6 Å². The van der Waals surface area contributed by atoms with Gasteiger partial charge in [0.15, 0.2) is 0 Å². The summed E-state index contributed by atoms with van der Waals surface area (Å²) in [5.41, 5.74) is 5.22. The number of amides is 3. The number of carbonyl (C=O) groups is 3. The second kappa shape index (κ2) is 12.2. The fraction of sp³-hybridized carbons (Fsp3) is 0.182. The van der Waals surface area contributed by atoms with Gasteiger partial charge in [0, 0.05) is 61.0 Å². The van der Waals surface area contributed by atoms with Crippen LogP contribution < -0.4 is 15.4 Å². The van der Waals surface area contributed by atoms with Crippen molar-refractivity contribution in [3.63, 3.8) is 0 Å². The third kappa shape index (κ3) is 6.59. The maximum atomic E-state index is 12.8. The van der Waals surface area contributed by atoms with E-state index < -0.39 is 0 Å². The van der Waals surface area contributed by atoms with E-state index in [1.54, 1.807) is 72.8 Å². The molecule has 42 heavy (non-hydrogen) atoms. The number of H-pyrrole nitrogens is 1. The Morgan fingerprint density at radius 2 is 1.69 bits per heavy atom. The van der Waals surface area contributed by atoms with Crippen molar-refractivity contribution in [2.24, 2.45) is 0 Å². The van der Waals surface area contributed by atoms with Gasteiger partial charge in [0.2, 0.25) is 0 Å². The summed E-state index contributed by atoms with van der Waals surface area (Å²) in [6.07, 6.45) is 3.39. The van der Waals surface area contributed by atoms with E-state index in [-0.39, 0.29) is 17.7 Å². The molecule has 0 unspecified atom stereocenters. The van der Waals surface area contributed by atoms with Gasteiger partial charge in [-0.2, -0.15) is 0 Å². The number of hydrogen-bond donors (Lipinski definition) is 3. The highest BCUT2D eigenvalue weighted by molar-refractivity contribution is 6.35. The summed E-state index contributed by atoms with van der Waals surface area (Å²) < 4.78 is 6.05. The quantitative estimate of drug-likeness (QED) is 0.233. The Bertz CT molecular complexity index is 1690. The van der Waals surface area contributed by atoms with E-state index in [0.717, 1.165) is 17.7 Å². The Hall–Kier alpha value is -5.15. The van der Waals surface area contributed by atoms with Crippen molar-refractivity contribution in [3.8, 4) is 11.5 Å². The minimum absolute atomic E-state index is 0.0883. The number of aromatic amines is 1. The number of anilines is 2. The highest BCUT2D eigenvalue weighted by atomic mass is 16.5. The number of benzene rings is 3. The maximum Gasteiger partial charge on any atom is 0.256 e. The van der Waals surface area contributed by atoms with Gasteiger partial charge in [-0.05, 0) is 69.6 Å². The molecule has 3 aromatic carbocycles. The molecular formula is C33H33N5O4. The number of likely N-dealkylation sites (N-methyl/N-ethyl adjacent to an activating group) is 2. The first kappa shape index (κ1) is 28.4. The van der Waals surface area contributed by atoms with Crippen LogP contribution in [0, 0.1) is 6.92 Å². The predicted molar refractivity (Wildman–Crippen MR) is 165 cm³/mol. The molecule has 5 rings (SSSR count). The van der Waals surface area contributed by atoms with Crippen molar-refractivity contribution >= 4 is 40.7 Å². The number of rotatable bonds is 9. The van der Waals surface area contributed by atoms with Crippen molar-refractivity contribution in [1.82, 2.24) is 14.8 Å². The zero-order valence-corrected chi connectivity index (χ0v) is 24.0. The summed E-state index contributed by atoms with van der Waals surface area (Å²) in [5, 5.41) is 5.79. The normalized spacial score (nSPS) is 13.2. The van der Waals surface area contributed by atoms with E-state index in [1.807, 2.05) is 50.2 Å². The van der Waals surface area contributed by atoms with Gasteiger partial charge < -0.3 is 30.2 Å². The lowest BCUT2D eigenvalue weighted by molar-refractivity contribution is -0.110. The number of nitrogens with one attached hydrogen (secondary N) is 3. The summed E-state index contributed by atoms with van der Waals surface area (Å²) in [4.78, 5) is 45.0. The first-order chi connectivity index (χ1) is 20.2. The molecule has 3 N–H and O–H groups in total. The predicted octanol–water partition coefficient (Wildman–Crippen LogP) is 5.49. The lowest BCUT2D eigenvalue weighted by Gasteiger charge is -2.18. The SMILES string of the molecule is Cc1cccc(C(=O)Nc2cccc(Oc3ccc4c(c3)NC(=O)/C4=C\c3cc(C(=O)N(C)CCN(C)C)c[nH]3)c2)c1. The van der Waals surface area contributed by atoms with E-state index in [2.05, 4.69) is 15.6 Å². The summed E-state index contributed by atoms with van der Waals surface area (Å²) >= 11 is 0. The average molecular weight is 564 g/mol. The van der Waals surface area contributed by atoms with Gasteiger partial charge in [-0.1, -0.05) is 23.8 Å². The molecule has 1 aromatic heterocycles. The van der Waals surface area contributed by atoms with Gasteiger partial charge in [-0.15, -0.1) is 0 Å². The molecule has 0 fully saturated rings. The van der Waals surface area contributed by atoms with Crippen molar-refractivity contribution in [2.45, 2.75) is 6.92 Å². The largest absolute Gasteiger partial charge is 0.457 e. The van der Waals surface area contributed by atoms with Crippen LogP contribution >= 0.6 is 0 Å². The molecule has 0 bridgehead atoms. The summed E-state index contributed by atoms with van der Waals surface area (Å²) in [6.45, 7) is 3.32. The third-order valence-electron chi connectivity index (χ3n) is 6.86. The van der Waals surface area contributed by atoms with Crippen LogP contribution in [0.5, 0.6) is 11.5 Å². The van der Waals surface area contributed by atoms with Crippen LogP contribution in [-0.2, 0) is 4.79 Å². The molecular weight excluding hydrogens is 530 g/mol. The van der Waals surface area contributed by atoms with Crippen molar-refractivity contribution < 1.29 is 19.1 Å². The molecule has 2 heterocycles. The Morgan fingerprint density at radius 1 is 0.905 bits per heavy atom. The Balaban J connectivity index is 1.27. The Labute approximate surface area is 244 Å². The van der Waals surface area contributed by atoms with E-state index in [4.69, 9.17) is 4.74 Å². The molecule has 0 saturated heterocycles. The standard InChI is InChI=1S/C33H33N5O4/c1-21-7-5-8-22(15-21)31(39)35-24-9-6-10-26(17-24)42-27-11-12-28-29(32(40)36-30(28)19-27)18-25-16-23(20-34-25)33(41)38(4)14-13-37(2)3/h5-12,15-20,34H,13-14H2,1-4H3,(H,35,39)(H,36,40)/b29-18-. The lowest BCUT2D eigenvalue weighted by atomic mass is 10.1. The highest BCUT2D eigenvalue weighted by Gasteiger charge is 2.25. The fourth-order valence-electron chi connectivity index (χ4n) is 4.59. The Morgan fingerprint density at radius 3 is 2.48 bits per heavy atom. The minimum Gasteiger partial charge on any atom is -0.457 e.